The number of Topliss-reactive ketones (excluding diaryl/α,β-unsaturated/α-hetero) is 3. The lowest BCUT2D eigenvalue weighted by molar-refractivity contribution is -0.293. The molecular weight excluding hydrogens is 1440 g/mol. The minimum absolute atomic E-state index is 0.267. The van der Waals surface area contributed by atoms with Crippen molar-refractivity contribution < 1.29 is 86.7 Å². The number of carbonyl (C=O) groups is 6. The van der Waals surface area contributed by atoms with E-state index >= 15 is 28.8 Å². The highest BCUT2D eigenvalue weighted by Gasteiger charge is 2.88. The molecule has 0 radical (unpaired) electrons. The van der Waals surface area contributed by atoms with Crippen LogP contribution in [0.25, 0.3) is 0 Å². The van der Waals surface area contributed by atoms with Crippen molar-refractivity contribution in [2.24, 2.45) is 0 Å². The SMILES string of the molecule is CCCCCCCCOc1ccc(C(=O)OC2(C(=O)c3ccc(OCCCCCCCC)cc3)[C@@](OC(=O)c3ccc(OCCCCCCCC)cc3)(C(=O)c3ccc(OCCCCCCCC)cc3)[C@@H](O)C(O)[C@@H](O)[C@@]2(OC(=O)c2ccc(OCCCCCCCC)cc2)C(=O)c2ccc(OCCCCCCCC)cc2)cc1. The number of hydrogen-bond acceptors (Lipinski definition) is 18. The second kappa shape index (κ2) is 51.4. The first-order valence-corrected chi connectivity index (χ1v) is 43.3. The van der Waals surface area contributed by atoms with Gasteiger partial charge >= 0.3 is 17.9 Å². The number of benzene rings is 6. The van der Waals surface area contributed by atoms with Crippen molar-refractivity contribution in [2.45, 2.75) is 308 Å². The van der Waals surface area contributed by atoms with Crippen LogP contribution in [0.15, 0.2) is 146 Å². The maximum Gasteiger partial charge on any atom is 0.339 e. The van der Waals surface area contributed by atoms with Crippen LogP contribution in [0.3, 0.4) is 0 Å². The van der Waals surface area contributed by atoms with Gasteiger partial charge in [-0.15, -0.1) is 0 Å². The van der Waals surface area contributed by atoms with E-state index in [4.69, 9.17) is 42.6 Å². The maximum atomic E-state index is 17.9. The topological polar surface area (TPSA) is 246 Å². The third-order valence-corrected chi connectivity index (χ3v) is 21.5. The molecule has 1 fully saturated rings. The van der Waals surface area contributed by atoms with Crippen molar-refractivity contribution in [1.82, 2.24) is 0 Å². The van der Waals surface area contributed by atoms with Crippen LogP contribution in [-0.2, 0) is 14.2 Å². The molecule has 1 aliphatic rings. The average molecular weight is 1570 g/mol. The number of ketones is 3. The van der Waals surface area contributed by atoms with Crippen LogP contribution in [-0.4, -0.2) is 125 Å². The third-order valence-electron chi connectivity index (χ3n) is 21.5. The number of esters is 3. The zero-order valence-corrected chi connectivity index (χ0v) is 69.3. The number of aliphatic hydroxyl groups excluding tert-OH is 3. The summed E-state index contributed by atoms with van der Waals surface area (Å²) in [6.45, 7) is 14.8. The first-order valence-electron chi connectivity index (χ1n) is 43.3. The smallest absolute Gasteiger partial charge is 0.339 e. The zero-order chi connectivity index (χ0) is 81.7. The van der Waals surface area contributed by atoms with E-state index in [-0.39, 0.29) is 40.5 Å². The van der Waals surface area contributed by atoms with Gasteiger partial charge in [0.1, 0.15) is 52.8 Å². The van der Waals surface area contributed by atoms with Gasteiger partial charge in [-0.2, -0.15) is 0 Å². The summed E-state index contributed by atoms with van der Waals surface area (Å²) in [6, 6.07) is 33.0. The lowest BCUT2D eigenvalue weighted by Gasteiger charge is -2.60. The van der Waals surface area contributed by atoms with E-state index in [1.165, 1.54) is 146 Å². The van der Waals surface area contributed by atoms with Crippen molar-refractivity contribution in [3.8, 4) is 34.5 Å². The fourth-order valence-corrected chi connectivity index (χ4v) is 14.7. The molecule has 7 rings (SSSR count). The monoisotopic (exact) mass is 1570 g/mol. The molecule has 0 bridgehead atoms. The molecule has 0 saturated heterocycles. The van der Waals surface area contributed by atoms with Gasteiger partial charge in [-0.3, -0.25) is 14.4 Å². The van der Waals surface area contributed by atoms with Crippen molar-refractivity contribution in [1.29, 1.82) is 0 Å². The molecule has 2 unspecified atom stereocenters. The van der Waals surface area contributed by atoms with Gasteiger partial charge in [0.25, 0.3) is 16.8 Å². The molecule has 1 aliphatic carbocycles. The van der Waals surface area contributed by atoms with Crippen LogP contribution in [0.1, 0.15) is 335 Å². The van der Waals surface area contributed by atoms with Crippen molar-refractivity contribution in [3.05, 3.63) is 179 Å². The molecule has 6 aromatic rings. The van der Waals surface area contributed by atoms with E-state index in [0.29, 0.717) is 69.5 Å². The van der Waals surface area contributed by atoms with Crippen LogP contribution in [0, 0.1) is 0 Å². The average Bonchev–Trinajstić information content (AvgIpc) is 0.658. The number of rotatable bonds is 60. The van der Waals surface area contributed by atoms with Crippen LogP contribution < -0.4 is 28.4 Å². The number of hydrogen-bond donors (Lipinski definition) is 3. The summed E-state index contributed by atoms with van der Waals surface area (Å²) >= 11 is 0. The first-order chi connectivity index (χ1) is 55.6. The minimum Gasteiger partial charge on any atom is -0.494 e. The largest absolute Gasteiger partial charge is 0.494 e. The van der Waals surface area contributed by atoms with Crippen LogP contribution >= 0.6 is 0 Å². The minimum atomic E-state index is -4.21. The summed E-state index contributed by atoms with van der Waals surface area (Å²) in [7, 11) is 0. The summed E-state index contributed by atoms with van der Waals surface area (Å²) in [5, 5.41) is 41.0. The molecular formula is C96H132O18. The fraction of sp³-hybridized carbons (Fsp3) is 0.562. The second-order valence-electron chi connectivity index (χ2n) is 30.5. The summed E-state index contributed by atoms with van der Waals surface area (Å²) in [5.41, 5.74) is -14.7. The summed E-state index contributed by atoms with van der Waals surface area (Å²) in [5.74, 6) is -7.37. The molecule has 0 aliphatic heterocycles. The number of aliphatic hydroxyl groups is 3. The van der Waals surface area contributed by atoms with Gasteiger partial charge in [0, 0.05) is 16.7 Å². The number of carbonyl (C=O) groups excluding carboxylic acids is 6. The summed E-state index contributed by atoms with van der Waals surface area (Å²) in [6.07, 6.45) is 26.5. The molecule has 114 heavy (non-hydrogen) atoms. The van der Waals surface area contributed by atoms with Crippen molar-refractivity contribution in [3.63, 3.8) is 0 Å². The Balaban J connectivity index is 1.54. The van der Waals surface area contributed by atoms with Gasteiger partial charge in [-0.05, 0) is 184 Å². The Morgan fingerprint density at radius 1 is 0.237 bits per heavy atom. The quantitative estimate of drug-likeness (QED) is 0.0139. The molecule has 0 spiro atoms. The van der Waals surface area contributed by atoms with Gasteiger partial charge < -0.3 is 58.0 Å². The van der Waals surface area contributed by atoms with Gasteiger partial charge in [0.05, 0.1) is 56.3 Å². The number of unbranched alkanes of at least 4 members (excludes halogenated alkanes) is 30. The van der Waals surface area contributed by atoms with E-state index in [0.717, 1.165) is 212 Å². The lowest BCUT2D eigenvalue weighted by Crippen LogP contribution is -2.91. The van der Waals surface area contributed by atoms with Crippen LogP contribution in [0.2, 0.25) is 0 Å². The fourth-order valence-electron chi connectivity index (χ4n) is 14.7. The van der Waals surface area contributed by atoms with E-state index < -0.39 is 87.1 Å². The van der Waals surface area contributed by atoms with E-state index in [1.54, 1.807) is 0 Å². The molecule has 6 aromatic carbocycles. The normalized spacial score (nSPS) is 17.8. The zero-order valence-electron chi connectivity index (χ0n) is 69.3. The predicted molar refractivity (Wildman–Crippen MR) is 447 cm³/mol. The lowest BCUT2D eigenvalue weighted by atomic mass is 9.52. The van der Waals surface area contributed by atoms with Gasteiger partial charge in [0.2, 0.25) is 17.3 Å². The highest BCUT2D eigenvalue weighted by atomic mass is 16.7. The molecule has 18 nitrogen and oxygen atoms in total. The Kier molecular flexibility index (Phi) is 41.7. The molecule has 3 N–H and O–H groups in total. The molecule has 0 heterocycles. The maximum absolute atomic E-state index is 17.9. The Bertz CT molecular complexity index is 3560. The van der Waals surface area contributed by atoms with Crippen molar-refractivity contribution >= 4 is 35.3 Å². The highest BCUT2D eigenvalue weighted by molar-refractivity contribution is 6.21. The van der Waals surface area contributed by atoms with Crippen molar-refractivity contribution in [2.75, 3.05) is 39.6 Å². The summed E-state index contributed by atoms with van der Waals surface area (Å²) < 4.78 is 57.7. The first kappa shape index (κ1) is 92.6. The molecule has 18 heteroatoms. The molecule has 1 saturated carbocycles. The Hall–Kier alpha value is -8.58. The predicted octanol–water partition coefficient (Wildman–Crippen LogP) is 22.0. The highest BCUT2D eigenvalue weighted by Crippen LogP contribution is 2.56. The van der Waals surface area contributed by atoms with Gasteiger partial charge in [0.15, 0.2) is 0 Å². The van der Waals surface area contributed by atoms with E-state index in [2.05, 4.69) is 41.5 Å². The Morgan fingerprint density at radius 3 is 0.623 bits per heavy atom. The summed E-state index contributed by atoms with van der Waals surface area (Å²) in [4.78, 5) is 101. The molecule has 6 atom stereocenters. The van der Waals surface area contributed by atoms with Gasteiger partial charge in [-0.25, -0.2) is 14.4 Å². The van der Waals surface area contributed by atoms with E-state index in [9.17, 15) is 15.3 Å². The van der Waals surface area contributed by atoms with E-state index in [1.807, 2.05) is 0 Å². The standard InChI is InChI=1S/C96H132O18/c1-7-13-19-25-31-37-67-106-79-55-43-73(44-56-79)86(98)94(112-91(103)76-49-61-82(62-50-76)109-70-40-34-28-22-16-10-4)89(101)85(97)90(102)95(87(99)74-45-57-80(58-46-74)107-68-38-32-26-20-14-8-2,113-92(104)77-51-63-83(64-52-77)110-71-41-35-29-23-17-11-5)96(94,88(100)75-47-59-81(60-48-75)108-69-39-33-27-21-15-9-3)114-93(105)78-53-65-84(66-54-78)111-72-42-36-30-24-18-12-6/h43-66,85,89-90,97,101-102H,7-42,67-72H2,1-6H3/t85?,89-,90+,94+,95-,96?. The Morgan fingerprint density at radius 2 is 0.412 bits per heavy atom. The van der Waals surface area contributed by atoms with Crippen LogP contribution in [0.5, 0.6) is 34.5 Å². The number of ether oxygens (including phenoxy) is 9. The van der Waals surface area contributed by atoms with Gasteiger partial charge in [-0.1, -0.05) is 234 Å². The molecule has 624 valence electrons. The molecule has 0 amide bonds. The Labute approximate surface area is 679 Å². The molecule has 0 aromatic heterocycles. The third kappa shape index (κ3) is 27.0. The second-order valence-corrected chi connectivity index (χ2v) is 30.5. The van der Waals surface area contributed by atoms with Crippen LogP contribution in [0.4, 0.5) is 0 Å².